The predicted molar refractivity (Wildman–Crippen MR) is 112 cm³/mol. The van der Waals surface area contributed by atoms with Crippen molar-refractivity contribution < 1.29 is 4.39 Å². The first-order chi connectivity index (χ1) is 12.7. The summed E-state index contributed by atoms with van der Waals surface area (Å²) in [7, 11) is 0. The fourth-order valence-corrected chi connectivity index (χ4v) is 3.06. The van der Waals surface area contributed by atoms with Gasteiger partial charge in [-0.2, -0.15) is 4.39 Å². The van der Waals surface area contributed by atoms with Crippen LogP contribution in [0, 0.1) is 5.95 Å². The molecule has 0 saturated carbocycles. The molecule has 0 aromatic carbocycles. The Kier molecular flexibility index (Phi) is 6.27. The van der Waals surface area contributed by atoms with Crippen molar-refractivity contribution in [1.29, 1.82) is 0 Å². The lowest BCUT2D eigenvalue weighted by Gasteiger charge is -2.31. The summed E-state index contributed by atoms with van der Waals surface area (Å²) in [5.74, 6) is 1.32. The molecule has 0 fully saturated rings. The maximum absolute atomic E-state index is 14.6. The van der Waals surface area contributed by atoms with E-state index >= 15 is 0 Å². The predicted octanol–water partition coefficient (Wildman–Crippen LogP) is 5.86. The Morgan fingerprint density at radius 2 is 1.36 bits per heavy atom. The second-order valence-electron chi connectivity index (χ2n) is 10.4. The number of hydrogen-bond acceptors (Lipinski definition) is 4. The average molecular weight is 387 g/mol. The van der Waals surface area contributed by atoms with E-state index in [-0.39, 0.29) is 16.2 Å². The molecule has 0 bridgehead atoms. The molecule has 0 aliphatic heterocycles. The van der Waals surface area contributed by atoms with Gasteiger partial charge < -0.3 is 0 Å². The van der Waals surface area contributed by atoms with E-state index in [4.69, 9.17) is 0 Å². The molecule has 154 valence electrons. The van der Waals surface area contributed by atoms with Gasteiger partial charge in [0.15, 0.2) is 0 Å². The Bertz CT molecular complexity index is 802. The molecule has 5 heteroatoms. The second-order valence-corrected chi connectivity index (χ2v) is 10.4. The van der Waals surface area contributed by atoms with Crippen LogP contribution in [-0.2, 0) is 16.2 Å². The maximum atomic E-state index is 14.6. The summed E-state index contributed by atoms with van der Waals surface area (Å²) in [6.45, 7) is 18.6. The largest absolute Gasteiger partial charge is 0.241 e. The van der Waals surface area contributed by atoms with Crippen LogP contribution in [0.4, 0.5) is 4.39 Å². The molecule has 2 aromatic heterocycles. The third-order valence-electron chi connectivity index (χ3n) is 5.50. The van der Waals surface area contributed by atoms with Crippen molar-refractivity contribution in [2.75, 3.05) is 0 Å². The first kappa shape index (κ1) is 22.4. The zero-order chi connectivity index (χ0) is 21.3. The average Bonchev–Trinajstić information content (AvgIpc) is 2.59. The molecule has 0 saturated heterocycles. The molecule has 0 spiro atoms. The van der Waals surface area contributed by atoms with Crippen LogP contribution in [0.15, 0.2) is 18.6 Å². The Morgan fingerprint density at radius 1 is 0.821 bits per heavy atom. The van der Waals surface area contributed by atoms with Crippen LogP contribution in [0.1, 0.15) is 104 Å². The lowest BCUT2D eigenvalue weighted by Crippen LogP contribution is -2.27. The maximum Gasteiger partial charge on any atom is 0.219 e. The molecule has 2 heterocycles. The van der Waals surface area contributed by atoms with Crippen molar-refractivity contribution in [3.05, 3.63) is 47.3 Å². The Hall–Kier alpha value is -1.91. The molecule has 0 aliphatic rings. The standard InChI is InChI=1S/C23H35FN4/c1-15(2)19-25-12-16(13-26-19)22(6,7)10-11-23(8,9)20-27-14-17(18(24)28-20)21(3,4)5/h12-15H,10-11H2,1-9H3. The van der Waals surface area contributed by atoms with Crippen molar-refractivity contribution in [3.63, 3.8) is 0 Å². The summed E-state index contributed by atoms with van der Waals surface area (Å²) in [5.41, 5.74) is 0.943. The monoisotopic (exact) mass is 386 g/mol. The van der Waals surface area contributed by atoms with E-state index in [1.165, 1.54) is 0 Å². The third-order valence-corrected chi connectivity index (χ3v) is 5.50. The zero-order valence-corrected chi connectivity index (χ0v) is 18.9. The fourth-order valence-electron chi connectivity index (χ4n) is 3.06. The van der Waals surface area contributed by atoms with E-state index in [2.05, 4.69) is 61.5 Å². The molecule has 0 radical (unpaired) electrons. The Morgan fingerprint density at radius 3 is 1.82 bits per heavy atom. The van der Waals surface area contributed by atoms with Gasteiger partial charge in [0.05, 0.1) is 0 Å². The molecule has 0 atom stereocenters. The molecule has 28 heavy (non-hydrogen) atoms. The topological polar surface area (TPSA) is 51.6 Å². The van der Waals surface area contributed by atoms with Crippen LogP contribution in [0.5, 0.6) is 0 Å². The molecule has 0 amide bonds. The summed E-state index contributed by atoms with van der Waals surface area (Å²) in [6, 6.07) is 0. The van der Waals surface area contributed by atoms with Gasteiger partial charge in [0.1, 0.15) is 11.6 Å². The van der Waals surface area contributed by atoms with Gasteiger partial charge >= 0.3 is 0 Å². The number of rotatable bonds is 6. The smallest absolute Gasteiger partial charge is 0.219 e. The summed E-state index contributed by atoms with van der Waals surface area (Å²) >= 11 is 0. The lowest BCUT2D eigenvalue weighted by atomic mass is 9.75. The molecule has 2 aromatic rings. The zero-order valence-electron chi connectivity index (χ0n) is 18.9. The summed E-state index contributed by atoms with van der Waals surface area (Å²) in [5, 5.41) is 0. The van der Waals surface area contributed by atoms with Crippen molar-refractivity contribution >= 4 is 0 Å². The third kappa shape index (κ3) is 5.12. The van der Waals surface area contributed by atoms with E-state index in [0.717, 1.165) is 24.2 Å². The summed E-state index contributed by atoms with van der Waals surface area (Å²) in [6.07, 6.45) is 7.24. The minimum absolute atomic E-state index is 0.0866. The van der Waals surface area contributed by atoms with Gasteiger partial charge in [0.2, 0.25) is 5.95 Å². The Labute approximate surface area is 169 Å². The van der Waals surface area contributed by atoms with Crippen LogP contribution in [0.25, 0.3) is 0 Å². The molecule has 4 nitrogen and oxygen atoms in total. The van der Waals surface area contributed by atoms with Gasteiger partial charge in [-0.3, -0.25) is 0 Å². The highest BCUT2D eigenvalue weighted by Crippen LogP contribution is 2.35. The molecular formula is C23H35FN4. The van der Waals surface area contributed by atoms with Gasteiger partial charge in [-0.05, 0) is 29.2 Å². The second kappa shape index (κ2) is 7.84. The highest BCUT2D eigenvalue weighted by Gasteiger charge is 2.31. The Balaban J connectivity index is 2.16. The van der Waals surface area contributed by atoms with E-state index in [1.807, 2.05) is 33.2 Å². The van der Waals surface area contributed by atoms with Gasteiger partial charge in [-0.25, -0.2) is 19.9 Å². The van der Waals surface area contributed by atoms with Gasteiger partial charge in [-0.1, -0.05) is 62.3 Å². The number of hydrogen-bond donors (Lipinski definition) is 0. The van der Waals surface area contributed by atoms with Crippen LogP contribution in [-0.4, -0.2) is 19.9 Å². The molecule has 0 aliphatic carbocycles. The number of halogens is 1. The number of aromatic nitrogens is 4. The van der Waals surface area contributed by atoms with Crippen molar-refractivity contribution in [3.8, 4) is 0 Å². The lowest BCUT2D eigenvalue weighted by molar-refractivity contribution is 0.354. The quantitative estimate of drug-likeness (QED) is 0.583. The van der Waals surface area contributed by atoms with Crippen LogP contribution >= 0.6 is 0 Å². The van der Waals surface area contributed by atoms with E-state index < -0.39 is 5.95 Å². The normalized spacial score (nSPS) is 13.2. The first-order valence-electron chi connectivity index (χ1n) is 10.1. The SMILES string of the molecule is CC(C)c1ncc(C(C)(C)CCC(C)(C)c2ncc(C(C)(C)C)c(F)n2)cn1. The molecule has 2 rings (SSSR count). The number of nitrogens with zero attached hydrogens (tertiary/aromatic N) is 4. The van der Waals surface area contributed by atoms with Crippen LogP contribution in [0.2, 0.25) is 0 Å². The fraction of sp³-hybridized carbons (Fsp3) is 0.652. The highest BCUT2D eigenvalue weighted by molar-refractivity contribution is 5.21. The van der Waals surface area contributed by atoms with Gasteiger partial charge in [0, 0.05) is 35.5 Å². The van der Waals surface area contributed by atoms with E-state index in [0.29, 0.717) is 17.3 Å². The summed E-state index contributed by atoms with van der Waals surface area (Å²) in [4.78, 5) is 17.7. The minimum atomic E-state index is -0.414. The van der Waals surface area contributed by atoms with E-state index in [1.54, 1.807) is 6.20 Å². The van der Waals surface area contributed by atoms with Crippen molar-refractivity contribution in [2.24, 2.45) is 0 Å². The van der Waals surface area contributed by atoms with Gasteiger partial charge in [-0.15, -0.1) is 0 Å². The highest BCUT2D eigenvalue weighted by atomic mass is 19.1. The molecular weight excluding hydrogens is 351 g/mol. The molecule has 0 N–H and O–H groups in total. The minimum Gasteiger partial charge on any atom is -0.241 e. The van der Waals surface area contributed by atoms with Crippen molar-refractivity contribution in [1.82, 2.24) is 19.9 Å². The molecule has 0 unspecified atom stereocenters. The van der Waals surface area contributed by atoms with Gasteiger partial charge in [0.25, 0.3) is 0 Å². The van der Waals surface area contributed by atoms with E-state index in [9.17, 15) is 4.39 Å². The van der Waals surface area contributed by atoms with Crippen LogP contribution in [0.3, 0.4) is 0 Å². The first-order valence-corrected chi connectivity index (χ1v) is 10.1. The van der Waals surface area contributed by atoms with Crippen LogP contribution < -0.4 is 0 Å². The summed E-state index contributed by atoms with van der Waals surface area (Å²) < 4.78 is 14.6. The van der Waals surface area contributed by atoms with Crippen molar-refractivity contribution in [2.45, 2.75) is 97.3 Å².